The Bertz CT molecular complexity index is 725. The Morgan fingerprint density at radius 3 is 2.65 bits per heavy atom. The molecule has 0 unspecified atom stereocenters. The maximum absolute atomic E-state index is 11.5. The molecule has 2 aromatic rings. The Morgan fingerprint density at radius 1 is 1.35 bits per heavy atom. The van der Waals surface area contributed by atoms with Gasteiger partial charge in [0, 0.05) is 18.7 Å². The SMILES string of the molecule is COC(=O)C1CCN(c2nc(-c3ccc(C#N)cc3)no2)CC1. The molecule has 1 aromatic carbocycles. The summed E-state index contributed by atoms with van der Waals surface area (Å²) >= 11 is 0. The van der Waals surface area contributed by atoms with Crippen LogP contribution in [-0.4, -0.2) is 36.3 Å². The molecule has 0 spiro atoms. The zero-order valence-electron chi connectivity index (χ0n) is 12.7. The molecule has 0 amide bonds. The molecule has 7 heteroatoms. The van der Waals surface area contributed by atoms with Gasteiger partial charge >= 0.3 is 12.0 Å². The second-order valence-electron chi connectivity index (χ2n) is 5.37. The molecule has 0 N–H and O–H groups in total. The molecule has 0 radical (unpaired) electrons. The number of rotatable bonds is 3. The normalized spacial score (nSPS) is 15.2. The van der Waals surface area contributed by atoms with E-state index >= 15 is 0 Å². The highest BCUT2D eigenvalue weighted by Crippen LogP contribution is 2.25. The average molecular weight is 312 g/mol. The second kappa shape index (κ2) is 6.48. The molecule has 118 valence electrons. The van der Waals surface area contributed by atoms with Crippen molar-refractivity contribution in [2.75, 3.05) is 25.1 Å². The lowest BCUT2D eigenvalue weighted by molar-refractivity contribution is -0.146. The fourth-order valence-corrected chi connectivity index (χ4v) is 2.63. The fourth-order valence-electron chi connectivity index (χ4n) is 2.63. The summed E-state index contributed by atoms with van der Waals surface area (Å²) in [6.45, 7) is 1.35. The van der Waals surface area contributed by atoms with Gasteiger partial charge in [-0.25, -0.2) is 0 Å². The standard InChI is InChI=1S/C16H16N4O3/c1-22-15(21)13-6-8-20(9-7-13)16-18-14(19-23-16)12-4-2-11(10-17)3-5-12/h2-5,13H,6-9H2,1H3. The predicted octanol–water partition coefficient (Wildman–Crippen LogP) is 2.00. The van der Waals surface area contributed by atoms with Crippen LogP contribution in [-0.2, 0) is 9.53 Å². The number of anilines is 1. The quantitative estimate of drug-likeness (QED) is 0.800. The molecule has 1 aliphatic rings. The lowest BCUT2D eigenvalue weighted by Gasteiger charge is -2.28. The number of methoxy groups -OCH3 is 1. The maximum atomic E-state index is 11.5. The van der Waals surface area contributed by atoms with Gasteiger partial charge in [0.05, 0.1) is 24.7 Å². The van der Waals surface area contributed by atoms with Gasteiger partial charge in [-0.15, -0.1) is 0 Å². The molecule has 0 saturated carbocycles. The van der Waals surface area contributed by atoms with E-state index in [-0.39, 0.29) is 11.9 Å². The first-order valence-electron chi connectivity index (χ1n) is 7.38. The minimum Gasteiger partial charge on any atom is -0.469 e. The average Bonchev–Trinajstić information content (AvgIpc) is 3.11. The van der Waals surface area contributed by atoms with E-state index in [9.17, 15) is 4.79 Å². The van der Waals surface area contributed by atoms with Gasteiger partial charge < -0.3 is 14.2 Å². The van der Waals surface area contributed by atoms with Gasteiger partial charge in [-0.3, -0.25) is 4.79 Å². The van der Waals surface area contributed by atoms with Crippen LogP contribution in [0.1, 0.15) is 18.4 Å². The molecular weight excluding hydrogens is 296 g/mol. The van der Waals surface area contributed by atoms with Gasteiger partial charge in [-0.05, 0) is 37.1 Å². The summed E-state index contributed by atoms with van der Waals surface area (Å²) in [5.74, 6) is 0.269. The maximum Gasteiger partial charge on any atom is 0.324 e. The monoisotopic (exact) mass is 312 g/mol. The summed E-state index contributed by atoms with van der Waals surface area (Å²) < 4.78 is 10.1. The van der Waals surface area contributed by atoms with Crippen molar-refractivity contribution in [2.24, 2.45) is 5.92 Å². The Morgan fingerprint density at radius 2 is 2.04 bits per heavy atom. The molecule has 7 nitrogen and oxygen atoms in total. The molecule has 0 aliphatic carbocycles. The van der Waals surface area contributed by atoms with Crippen LogP contribution in [0.15, 0.2) is 28.8 Å². The summed E-state index contributed by atoms with van der Waals surface area (Å²) in [6, 6.07) is 9.53. The zero-order chi connectivity index (χ0) is 16.2. The van der Waals surface area contributed by atoms with E-state index in [2.05, 4.69) is 16.2 Å². The molecule has 0 atom stereocenters. The number of hydrogen-bond donors (Lipinski definition) is 0. The van der Waals surface area contributed by atoms with Crippen LogP contribution >= 0.6 is 0 Å². The summed E-state index contributed by atoms with van der Waals surface area (Å²) in [7, 11) is 1.41. The predicted molar refractivity (Wildman–Crippen MR) is 81.4 cm³/mol. The molecule has 1 aliphatic heterocycles. The number of ether oxygens (including phenoxy) is 1. The zero-order valence-corrected chi connectivity index (χ0v) is 12.7. The highest BCUT2D eigenvalue weighted by atomic mass is 16.5. The Balaban J connectivity index is 1.68. The molecule has 1 fully saturated rings. The highest BCUT2D eigenvalue weighted by molar-refractivity contribution is 5.72. The summed E-state index contributed by atoms with van der Waals surface area (Å²) in [4.78, 5) is 17.9. The molecule has 0 bridgehead atoms. The van der Waals surface area contributed by atoms with E-state index in [4.69, 9.17) is 14.5 Å². The van der Waals surface area contributed by atoms with Crippen molar-refractivity contribution in [3.8, 4) is 17.5 Å². The third-order valence-corrected chi connectivity index (χ3v) is 3.99. The Kier molecular flexibility index (Phi) is 4.24. The van der Waals surface area contributed by atoms with E-state index < -0.39 is 0 Å². The number of aromatic nitrogens is 2. The van der Waals surface area contributed by atoms with Crippen molar-refractivity contribution in [3.63, 3.8) is 0 Å². The van der Waals surface area contributed by atoms with E-state index in [0.29, 0.717) is 43.3 Å². The van der Waals surface area contributed by atoms with Crippen LogP contribution < -0.4 is 4.90 Å². The molecule has 23 heavy (non-hydrogen) atoms. The molecular formula is C16H16N4O3. The van der Waals surface area contributed by atoms with Crippen LogP contribution in [0, 0.1) is 17.2 Å². The van der Waals surface area contributed by atoms with E-state index in [0.717, 1.165) is 5.56 Å². The van der Waals surface area contributed by atoms with Crippen LogP contribution in [0.25, 0.3) is 11.4 Å². The largest absolute Gasteiger partial charge is 0.469 e. The minimum atomic E-state index is -0.159. The fraction of sp³-hybridized carbons (Fsp3) is 0.375. The smallest absolute Gasteiger partial charge is 0.324 e. The van der Waals surface area contributed by atoms with Crippen LogP contribution in [0.3, 0.4) is 0 Å². The molecule has 3 rings (SSSR count). The van der Waals surface area contributed by atoms with Crippen LogP contribution in [0.4, 0.5) is 6.01 Å². The minimum absolute atomic E-state index is 0.0582. The van der Waals surface area contributed by atoms with Gasteiger partial charge in [0.1, 0.15) is 0 Å². The first kappa shape index (κ1) is 15.0. The van der Waals surface area contributed by atoms with Gasteiger partial charge in [-0.1, -0.05) is 5.16 Å². The first-order valence-corrected chi connectivity index (χ1v) is 7.38. The third kappa shape index (κ3) is 3.16. The molecule has 1 saturated heterocycles. The second-order valence-corrected chi connectivity index (χ2v) is 5.37. The highest BCUT2D eigenvalue weighted by Gasteiger charge is 2.28. The van der Waals surface area contributed by atoms with Crippen molar-refractivity contribution in [2.45, 2.75) is 12.8 Å². The van der Waals surface area contributed by atoms with Crippen LogP contribution in [0.2, 0.25) is 0 Å². The lowest BCUT2D eigenvalue weighted by atomic mass is 9.97. The number of piperidine rings is 1. The van der Waals surface area contributed by atoms with Crippen molar-refractivity contribution in [1.82, 2.24) is 10.1 Å². The van der Waals surface area contributed by atoms with Gasteiger partial charge in [0.2, 0.25) is 5.82 Å². The van der Waals surface area contributed by atoms with Gasteiger partial charge in [0.25, 0.3) is 0 Å². The number of hydrogen-bond acceptors (Lipinski definition) is 7. The molecule has 2 heterocycles. The number of carbonyl (C=O) groups excluding carboxylic acids is 1. The summed E-state index contributed by atoms with van der Waals surface area (Å²) in [5.41, 5.74) is 1.38. The topological polar surface area (TPSA) is 92.2 Å². The Hall–Kier alpha value is -2.88. The number of benzene rings is 1. The Labute approximate surface area is 133 Å². The van der Waals surface area contributed by atoms with E-state index in [1.54, 1.807) is 24.3 Å². The van der Waals surface area contributed by atoms with Gasteiger partial charge in [-0.2, -0.15) is 10.2 Å². The number of nitriles is 1. The van der Waals surface area contributed by atoms with Crippen molar-refractivity contribution in [1.29, 1.82) is 5.26 Å². The summed E-state index contributed by atoms with van der Waals surface area (Å²) in [5, 5.41) is 12.8. The lowest BCUT2D eigenvalue weighted by Crippen LogP contribution is -2.36. The van der Waals surface area contributed by atoms with Crippen molar-refractivity contribution >= 4 is 12.0 Å². The van der Waals surface area contributed by atoms with E-state index in [1.165, 1.54) is 7.11 Å². The first-order chi connectivity index (χ1) is 11.2. The van der Waals surface area contributed by atoms with Crippen molar-refractivity contribution < 1.29 is 14.1 Å². The molecule has 1 aromatic heterocycles. The van der Waals surface area contributed by atoms with Crippen molar-refractivity contribution in [3.05, 3.63) is 29.8 Å². The van der Waals surface area contributed by atoms with Crippen LogP contribution in [0.5, 0.6) is 0 Å². The van der Waals surface area contributed by atoms with E-state index in [1.807, 2.05) is 4.90 Å². The number of carbonyl (C=O) groups is 1. The number of esters is 1. The van der Waals surface area contributed by atoms with Gasteiger partial charge in [0.15, 0.2) is 0 Å². The third-order valence-electron chi connectivity index (χ3n) is 3.99. The number of nitrogens with zero attached hydrogens (tertiary/aromatic N) is 4. The summed E-state index contributed by atoms with van der Waals surface area (Å²) in [6.07, 6.45) is 1.42.